The van der Waals surface area contributed by atoms with E-state index in [0.717, 1.165) is 0 Å². The second-order valence-corrected chi connectivity index (χ2v) is 3.28. The van der Waals surface area contributed by atoms with Crippen molar-refractivity contribution in [3.63, 3.8) is 0 Å². The molecule has 0 heterocycles. The van der Waals surface area contributed by atoms with Gasteiger partial charge in [-0.15, -0.1) is 0 Å². The van der Waals surface area contributed by atoms with Crippen molar-refractivity contribution in [3.05, 3.63) is 0 Å². The van der Waals surface area contributed by atoms with Crippen LogP contribution in [0, 0.1) is 41.7 Å². The Hall–Kier alpha value is 1.26. The van der Waals surface area contributed by atoms with Crippen molar-refractivity contribution in [1.82, 2.24) is 0 Å². The number of rotatable bonds is 0. The first-order valence-electron chi connectivity index (χ1n) is 4.24. The molecule has 0 spiro atoms. The monoisotopic (exact) mass is 320 g/mol. The Balaban J connectivity index is -0.0000000450. The van der Waals surface area contributed by atoms with Crippen molar-refractivity contribution in [2.45, 2.75) is 59.9 Å². The van der Waals surface area contributed by atoms with E-state index >= 15 is 0 Å². The fourth-order valence-corrected chi connectivity index (χ4v) is 0. The predicted octanol–water partition coefficient (Wildman–Crippen LogP) is 1.16. The minimum Gasteiger partial charge on any atom is -0.394 e. The van der Waals surface area contributed by atoms with Gasteiger partial charge in [0.05, 0.1) is 0 Å². The largest absolute Gasteiger partial charge is 0.394 e. The van der Waals surface area contributed by atoms with E-state index in [1.165, 1.54) is 0 Å². The van der Waals surface area contributed by atoms with Crippen molar-refractivity contribution in [1.29, 1.82) is 0 Å². The average molecular weight is 320 g/mol. The van der Waals surface area contributed by atoms with E-state index < -0.39 is 0 Å². The van der Waals surface area contributed by atoms with Gasteiger partial charge < -0.3 is 15.3 Å². The van der Waals surface area contributed by atoms with Crippen LogP contribution >= 0.6 is 0 Å². The van der Waals surface area contributed by atoms with Gasteiger partial charge in [-0.3, -0.25) is 0 Å². The van der Waals surface area contributed by atoms with Crippen LogP contribution in [0.3, 0.4) is 0 Å². The van der Waals surface area contributed by atoms with Crippen molar-refractivity contribution in [2.24, 2.45) is 0 Å². The fraction of sp³-hybridized carbons (Fsp3) is 1.00. The Morgan fingerprint density at radius 1 is 0.538 bits per heavy atom. The molecule has 0 bridgehead atoms. The molecule has 82 valence electrons. The Bertz CT molecular complexity index is 43.4. The van der Waals surface area contributed by atoms with Crippen molar-refractivity contribution >= 4 is 0 Å². The van der Waals surface area contributed by atoms with Crippen LogP contribution in [0.4, 0.5) is 0 Å². The molecular weight excluding hydrogens is 296 g/mol. The van der Waals surface area contributed by atoms with Crippen LogP contribution < -0.4 is 0 Å². The molecule has 0 atom stereocenters. The first-order valence-corrected chi connectivity index (χ1v) is 4.24. The number of hydrogen-bond donors (Lipinski definition) is 3. The van der Waals surface area contributed by atoms with Gasteiger partial charge in [0.2, 0.25) is 0 Å². The van der Waals surface area contributed by atoms with Crippen LogP contribution in [-0.4, -0.2) is 33.6 Å². The van der Waals surface area contributed by atoms with E-state index in [0.29, 0.717) is 0 Å². The van der Waals surface area contributed by atoms with Crippen molar-refractivity contribution in [2.75, 3.05) is 0 Å². The third-order valence-corrected chi connectivity index (χ3v) is 0. The normalized spacial score (nSPS) is 8.31. The maximum absolute atomic E-state index is 8.06. The molecule has 0 unspecified atom stereocenters. The van der Waals surface area contributed by atoms with Gasteiger partial charge in [-0.1, -0.05) is 0 Å². The first-order chi connectivity index (χ1) is 5.20. The third-order valence-electron chi connectivity index (χ3n) is 0. The second-order valence-electron chi connectivity index (χ2n) is 3.28. The van der Waals surface area contributed by atoms with Crippen LogP contribution in [0.15, 0.2) is 0 Å². The third kappa shape index (κ3) is 1060. The van der Waals surface area contributed by atoms with E-state index in [1.807, 2.05) is 0 Å². The molecule has 0 fully saturated rings. The van der Waals surface area contributed by atoms with Gasteiger partial charge in [0, 0.05) is 60.1 Å². The minimum atomic E-state index is -0.167. The zero-order chi connectivity index (χ0) is 10.7. The zero-order valence-electron chi connectivity index (χ0n) is 9.57. The predicted molar refractivity (Wildman–Crippen MR) is 52.1 cm³/mol. The molecule has 0 aromatic heterocycles. The van der Waals surface area contributed by atoms with E-state index in [1.54, 1.807) is 41.5 Å². The Morgan fingerprint density at radius 3 is 0.538 bits per heavy atom. The average Bonchev–Trinajstić information content (AvgIpc) is 1.54. The van der Waals surface area contributed by atoms with E-state index in [-0.39, 0.29) is 60.1 Å². The number of aliphatic hydroxyl groups excluding tert-OH is 3. The van der Waals surface area contributed by atoms with Gasteiger partial charge in [0.25, 0.3) is 0 Å². The number of hydrogen-bond acceptors (Lipinski definition) is 3. The van der Waals surface area contributed by atoms with E-state index in [2.05, 4.69) is 0 Å². The Labute approximate surface area is 116 Å². The standard InChI is InChI=1S/3C3H8O.Ce/c3*1-3(2)4;/h3*3-4H,1-2H3;. The maximum atomic E-state index is 8.06. The molecule has 3 nitrogen and oxygen atoms in total. The molecule has 0 aliphatic rings. The molecule has 0 aromatic carbocycles. The molecule has 0 aliphatic heterocycles. The van der Waals surface area contributed by atoms with Gasteiger partial charge in [0.1, 0.15) is 0 Å². The summed E-state index contributed by atoms with van der Waals surface area (Å²) in [6.07, 6.45) is -0.500. The molecule has 0 aromatic rings. The van der Waals surface area contributed by atoms with Crippen LogP contribution in [0.25, 0.3) is 0 Å². The zero-order valence-corrected chi connectivity index (χ0v) is 12.7. The van der Waals surface area contributed by atoms with E-state index in [9.17, 15) is 0 Å². The molecule has 0 aliphatic carbocycles. The van der Waals surface area contributed by atoms with Crippen LogP contribution in [0.5, 0.6) is 0 Å². The van der Waals surface area contributed by atoms with Crippen LogP contribution in [-0.2, 0) is 0 Å². The molecular formula is C9H24CeO3. The Kier molecular flexibility index (Phi) is 34.7. The quantitative estimate of drug-likeness (QED) is 0.628. The molecule has 0 saturated heterocycles. The molecule has 13 heavy (non-hydrogen) atoms. The molecule has 0 radical (unpaired) electrons. The summed E-state index contributed by atoms with van der Waals surface area (Å²) in [7, 11) is 0. The van der Waals surface area contributed by atoms with Crippen molar-refractivity contribution in [3.8, 4) is 0 Å². The summed E-state index contributed by atoms with van der Waals surface area (Å²) in [5.74, 6) is 0. The molecule has 0 rings (SSSR count). The van der Waals surface area contributed by atoms with Gasteiger partial charge in [-0.2, -0.15) is 0 Å². The summed E-state index contributed by atoms with van der Waals surface area (Å²) in [5, 5.41) is 24.2. The fourth-order valence-electron chi connectivity index (χ4n) is 0. The smallest absolute Gasteiger partial charge is 0.0483 e. The second kappa shape index (κ2) is 18.9. The summed E-state index contributed by atoms with van der Waals surface area (Å²) in [4.78, 5) is 0. The minimum absolute atomic E-state index is 0. The van der Waals surface area contributed by atoms with Gasteiger partial charge in [-0.05, 0) is 41.5 Å². The molecule has 0 amide bonds. The number of aliphatic hydroxyl groups is 3. The Morgan fingerprint density at radius 2 is 0.538 bits per heavy atom. The summed E-state index contributed by atoms with van der Waals surface area (Å²) >= 11 is 0. The molecule has 4 heteroatoms. The molecule has 0 saturated carbocycles. The maximum Gasteiger partial charge on any atom is 0.0483 e. The summed E-state index contributed by atoms with van der Waals surface area (Å²) in [6.45, 7) is 10.3. The summed E-state index contributed by atoms with van der Waals surface area (Å²) < 4.78 is 0. The topological polar surface area (TPSA) is 60.7 Å². The van der Waals surface area contributed by atoms with Gasteiger partial charge >= 0.3 is 0 Å². The van der Waals surface area contributed by atoms with Gasteiger partial charge in [0.15, 0.2) is 0 Å². The summed E-state index contributed by atoms with van der Waals surface area (Å²) in [6, 6.07) is 0. The SMILES string of the molecule is CC(C)O.CC(C)O.CC(C)O.[Ce]. The van der Waals surface area contributed by atoms with Crippen molar-refractivity contribution < 1.29 is 57.1 Å². The van der Waals surface area contributed by atoms with Crippen LogP contribution in [0.1, 0.15) is 41.5 Å². The summed E-state index contributed by atoms with van der Waals surface area (Å²) in [5.41, 5.74) is 0. The van der Waals surface area contributed by atoms with Gasteiger partial charge in [-0.25, -0.2) is 0 Å². The van der Waals surface area contributed by atoms with E-state index in [4.69, 9.17) is 15.3 Å². The molecule has 3 N–H and O–H groups in total. The first kappa shape index (κ1) is 23.8. The van der Waals surface area contributed by atoms with Crippen LogP contribution in [0.2, 0.25) is 0 Å².